The van der Waals surface area contributed by atoms with Crippen molar-refractivity contribution in [3.63, 3.8) is 0 Å². The molecule has 0 radical (unpaired) electrons. The first kappa shape index (κ1) is 21.8. The molecule has 4 rings (SSSR count). The largest absolute Gasteiger partial charge is 0.369 e. The molecule has 1 N–H and O–H groups in total. The molecule has 1 aliphatic rings. The van der Waals surface area contributed by atoms with Crippen LogP contribution in [0.25, 0.3) is 0 Å². The lowest BCUT2D eigenvalue weighted by atomic mass is 10.0. The first-order valence-electron chi connectivity index (χ1n) is 10.4. The van der Waals surface area contributed by atoms with E-state index in [4.69, 9.17) is 11.6 Å². The van der Waals surface area contributed by atoms with Gasteiger partial charge in [-0.25, -0.2) is 4.39 Å². The zero-order valence-corrected chi connectivity index (χ0v) is 18.9. The van der Waals surface area contributed by atoms with Gasteiger partial charge in [0.15, 0.2) is 0 Å². The van der Waals surface area contributed by atoms with Crippen molar-refractivity contribution in [2.45, 2.75) is 19.0 Å². The molecule has 4 nitrogen and oxygen atoms in total. The van der Waals surface area contributed by atoms with Gasteiger partial charge in [-0.1, -0.05) is 29.8 Å². The normalized spacial score (nSPS) is 16.7. The summed E-state index contributed by atoms with van der Waals surface area (Å²) in [5.41, 5.74) is 1.52. The molecule has 1 saturated heterocycles. The highest BCUT2D eigenvalue weighted by molar-refractivity contribution is 7.10. The molecule has 7 heteroatoms. The minimum absolute atomic E-state index is 0.0711. The fourth-order valence-corrected chi connectivity index (χ4v) is 5.31. The van der Waals surface area contributed by atoms with E-state index in [2.05, 4.69) is 26.6 Å². The van der Waals surface area contributed by atoms with Gasteiger partial charge in [0.05, 0.1) is 16.6 Å². The predicted octanol–water partition coefficient (Wildman–Crippen LogP) is 5.22. The number of rotatable bonds is 6. The molecule has 1 amide bonds. The number of carbonyl (C=O) groups excluding carboxylic acids is 1. The van der Waals surface area contributed by atoms with Crippen LogP contribution in [0.1, 0.15) is 28.2 Å². The van der Waals surface area contributed by atoms with E-state index in [9.17, 15) is 9.18 Å². The summed E-state index contributed by atoms with van der Waals surface area (Å²) in [6.07, 6.45) is 0. The Balaban J connectivity index is 1.47. The quantitative estimate of drug-likeness (QED) is 0.551. The van der Waals surface area contributed by atoms with Crippen molar-refractivity contribution in [2.75, 3.05) is 31.1 Å². The molecule has 0 bridgehead atoms. The average Bonchev–Trinajstić information content (AvgIpc) is 3.29. The van der Waals surface area contributed by atoms with Gasteiger partial charge in [-0.15, -0.1) is 11.3 Å². The van der Waals surface area contributed by atoms with Crippen molar-refractivity contribution >= 4 is 34.5 Å². The highest BCUT2D eigenvalue weighted by Crippen LogP contribution is 2.30. The van der Waals surface area contributed by atoms with Gasteiger partial charge in [-0.2, -0.15) is 0 Å². The molecule has 3 aromatic rings. The first-order valence-corrected chi connectivity index (χ1v) is 11.6. The number of nitrogens with one attached hydrogen (secondary N) is 1. The van der Waals surface area contributed by atoms with Crippen LogP contribution in [0.2, 0.25) is 5.02 Å². The van der Waals surface area contributed by atoms with Gasteiger partial charge in [0, 0.05) is 42.8 Å². The fraction of sp³-hybridized carbons (Fsp3) is 0.292. The Hall–Kier alpha value is -2.41. The monoisotopic (exact) mass is 457 g/mol. The van der Waals surface area contributed by atoms with E-state index in [1.165, 1.54) is 17.0 Å². The summed E-state index contributed by atoms with van der Waals surface area (Å²) in [5, 5.41) is 5.68. The average molecular weight is 458 g/mol. The van der Waals surface area contributed by atoms with E-state index < -0.39 is 0 Å². The number of hydrogen-bond donors (Lipinski definition) is 1. The van der Waals surface area contributed by atoms with Gasteiger partial charge in [-0.3, -0.25) is 9.69 Å². The van der Waals surface area contributed by atoms with Crippen LogP contribution in [0.4, 0.5) is 10.1 Å². The highest BCUT2D eigenvalue weighted by atomic mass is 35.5. The van der Waals surface area contributed by atoms with Crippen LogP contribution in [0.15, 0.2) is 66.0 Å². The van der Waals surface area contributed by atoms with E-state index in [1.54, 1.807) is 23.5 Å². The lowest BCUT2D eigenvalue weighted by Crippen LogP contribution is -2.52. The van der Waals surface area contributed by atoms with Crippen LogP contribution >= 0.6 is 22.9 Å². The van der Waals surface area contributed by atoms with Gasteiger partial charge in [0.1, 0.15) is 5.82 Å². The number of nitrogens with zero attached hydrogens (tertiary/aromatic N) is 2. The third-order valence-electron chi connectivity index (χ3n) is 5.68. The molecule has 0 saturated carbocycles. The fourth-order valence-electron chi connectivity index (χ4n) is 4.12. The summed E-state index contributed by atoms with van der Waals surface area (Å²) >= 11 is 7.92. The molecule has 2 atom stereocenters. The second kappa shape index (κ2) is 9.81. The molecule has 0 aliphatic carbocycles. The van der Waals surface area contributed by atoms with E-state index in [0.29, 0.717) is 10.6 Å². The Morgan fingerprint density at radius 3 is 2.39 bits per heavy atom. The summed E-state index contributed by atoms with van der Waals surface area (Å²) in [6.45, 7) is 5.45. The number of piperazine rings is 1. The molecule has 2 aromatic carbocycles. The van der Waals surface area contributed by atoms with Crippen LogP contribution in [0, 0.1) is 5.82 Å². The molecule has 0 spiro atoms. The number of thiophene rings is 1. The second-order valence-electron chi connectivity index (χ2n) is 7.70. The minimum Gasteiger partial charge on any atom is -0.369 e. The standard InChI is InChI=1S/C24H25ClFN3OS/c1-17(27-24(30)20-5-2-3-6-21(20)25)23(22-7-4-16-31-22)29-14-12-28(13-15-29)19-10-8-18(26)9-11-19/h2-11,16-17,23H,12-15H2,1H3,(H,27,30). The summed E-state index contributed by atoms with van der Waals surface area (Å²) in [7, 11) is 0. The Morgan fingerprint density at radius 1 is 1.03 bits per heavy atom. The summed E-state index contributed by atoms with van der Waals surface area (Å²) in [4.78, 5) is 18.8. The van der Waals surface area contributed by atoms with E-state index in [-0.39, 0.29) is 23.8 Å². The molecule has 1 fully saturated rings. The van der Waals surface area contributed by atoms with Crippen LogP contribution < -0.4 is 10.2 Å². The highest BCUT2D eigenvalue weighted by Gasteiger charge is 2.31. The lowest BCUT2D eigenvalue weighted by molar-refractivity contribution is 0.0891. The van der Waals surface area contributed by atoms with E-state index in [0.717, 1.165) is 31.9 Å². The zero-order valence-electron chi connectivity index (χ0n) is 17.3. The SMILES string of the molecule is CC(NC(=O)c1ccccc1Cl)C(c1cccs1)N1CCN(c2ccc(F)cc2)CC1. The Morgan fingerprint density at radius 2 is 1.74 bits per heavy atom. The Labute approximate surface area is 191 Å². The van der Waals surface area contributed by atoms with Crippen LogP contribution in [-0.2, 0) is 0 Å². The molecular weight excluding hydrogens is 433 g/mol. The topological polar surface area (TPSA) is 35.6 Å². The smallest absolute Gasteiger partial charge is 0.253 e. The van der Waals surface area contributed by atoms with Crippen molar-refractivity contribution in [1.82, 2.24) is 10.2 Å². The summed E-state index contributed by atoms with van der Waals surface area (Å²) in [5.74, 6) is -0.382. The minimum atomic E-state index is -0.219. The lowest BCUT2D eigenvalue weighted by Gasteiger charge is -2.42. The number of hydrogen-bond acceptors (Lipinski definition) is 4. The molecule has 1 aliphatic heterocycles. The molecule has 2 heterocycles. The van der Waals surface area contributed by atoms with Crippen LogP contribution in [-0.4, -0.2) is 43.0 Å². The van der Waals surface area contributed by atoms with Crippen molar-refractivity contribution < 1.29 is 9.18 Å². The predicted molar refractivity (Wildman–Crippen MR) is 126 cm³/mol. The summed E-state index contributed by atoms with van der Waals surface area (Å²) < 4.78 is 13.3. The van der Waals surface area contributed by atoms with Crippen molar-refractivity contribution in [3.05, 3.63) is 87.3 Å². The number of benzene rings is 2. The zero-order chi connectivity index (χ0) is 21.8. The van der Waals surface area contributed by atoms with Gasteiger partial charge in [-0.05, 0) is 54.8 Å². The Bertz CT molecular complexity index is 1000. The van der Waals surface area contributed by atoms with Crippen LogP contribution in [0.5, 0.6) is 0 Å². The maximum Gasteiger partial charge on any atom is 0.253 e. The maximum atomic E-state index is 13.3. The number of anilines is 1. The molecule has 162 valence electrons. The van der Waals surface area contributed by atoms with Gasteiger partial charge in [0.25, 0.3) is 5.91 Å². The number of halogens is 2. The molecule has 2 unspecified atom stereocenters. The molecular formula is C24H25ClFN3OS. The van der Waals surface area contributed by atoms with E-state index >= 15 is 0 Å². The van der Waals surface area contributed by atoms with Crippen molar-refractivity contribution in [1.29, 1.82) is 0 Å². The van der Waals surface area contributed by atoms with Gasteiger partial charge >= 0.3 is 0 Å². The van der Waals surface area contributed by atoms with E-state index in [1.807, 2.05) is 37.3 Å². The first-order chi connectivity index (χ1) is 15.0. The number of carbonyl (C=O) groups is 1. The number of amides is 1. The van der Waals surface area contributed by atoms with Crippen LogP contribution in [0.3, 0.4) is 0 Å². The van der Waals surface area contributed by atoms with Gasteiger partial charge < -0.3 is 10.2 Å². The van der Waals surface area contributed by atoms with Crippen molar-refractivity contribution in [3.8, 4) is 0 Å². The second-order valence-corrected chi connectivity index (χ2v) is 9.09. The van der Waals surface area contributed by atoms with Gasteiger partial charge in [0.2, 0.25) is 0 Å². The molecule has 1 aromatic heterocycles. The third kappa shape index (κ3) is 5.09. The summed E-state index contributed by atoms with van der Waals surface area (Å²) in [6, 6.07) is 17.9. The van der Waals surface area contributed by atoms with Crippen molar-refractivity contribution in [2.24, 2.45) is 0 Å². The Kier molecular flexibility index (Phi) is 6.90. The maximum absolute atomic E-state index is 13.3. The third-order valence-corrected chi connectivity index (χ3v) is 6.96. The molecule has 31 heavy (non-hydrogen) atoms.